The van der Waals surface area contributed by atoms with Gasteiger partial charge in [0.15, 0.2) is 5.96 Å². The van der Waals surface area contributed by atoms with E-state index in [1.165, 1.54) is 0 Å². The Bertz CT molecular complexity index is 519. The predicted molar refractivity (Wildman–Crippen MR) is 104 cm³/mol. The summed E-state index contributed by atoms with van der Waals surface area (Å²) in [5.41, 5.74) is 6.65. The molecule has 0 saturated carbocycles. The largest absolute Gasteiger partial charge is 0.378 e. The molecule has 1 aliphatic rings. The maximum Gasteiger partial charge on any atom is 0.224 e. The molecule has 0 atom stereocenters. The second-order valence-electron chi connectivity index (χ2n) is 5.00. The van der Waals surface area contributed by atoms with E-state index in [0.717, 1.165) is 18.8 Å². The number of nitrogens with one attached hydrogen (secondary N) is 1. The highest BCUT2D eigenvalue weighted by atomic mass is 127. The van der Waals surface area contributed by atoms with Gasteiger partial charge in [0.05, 0.1) is 13.2 Å². The first kappa shape index (κ1) is 20.0. The Hall–Kier alpha value is -1.06. The number of halogens is 2. The maximum absolute atomic E-state index is 11.8. The summed E-state index contributed by atoms with van der Waals surface area (Å²) >= 11 is 5.79. The van der Waals surface area contributed by atoms with E-state index >= 15 is 0 Å². The Labute approximate surface area is 158 Å². The van der Waals surface area contributed by atoms with Gasteiger partial charge in [0.25, 0.3) is 0 Å². The van der Waals surface area contributed by atoms with Gasteiger partial charge in [-0.25, -0.2) is 0 Å². The van der Waals surface area contributed by atoms with Crippen LogP contribution in [0.25, 0.3) is 0 Å². The molecule has 1 aromatic rings. The lowest BCUT2D eigenvalue weighted by molar-refractivity contribution is -0.116. The van der Waals surface area contributed by atoms with E-state index in [9.17, 15) is 4.79 Å². The number of carbonyl (C=O) groups excluding carboxylic acids is 1. The van der Waals surface area contributed by atoms with Crippen LogP contribution in [0.3, 0.4) is 0 Å². The van der Waals surface area contributed by atoms with Crippen molar-refractivity contribution in [3.63, 3.8) is 0 Å². The van der Waals surface area contributed by atoms with Gasteiger partial charge in [0, 0.05) is 36.8 Å². The fraction of sp³-hybridized carbons (Fsp3) is 0.467. The highest BCUT2D eigenvalue weighted by molar-refractivity contribution is 14.0. The number of nitrogens with zero attached hydrogens (tertiary/aromatic N) is 2. The first-order chi connectivity index (χ1) is 10.6. The van der Waals surface area contributed by atoms with Gasteiger partial charge in [0.2, 0.25) is 5.91 Å². The number of guanidine groups is 1. The molecule has 0 unspecified atom stereocenters. The van der Waals surface area contributed by atoms with Gasteiger partial charge >= 0.3 is 0 Å². The monoisotopic (exact) mass is 452 g/mol. The van der Waals surface area contributed by atoms with Crippen LogP contribution in [0.2, 0.25) is 5.02 Å². The van der Waals surface area contributed by atoms with E-state index in [4.69, 9.17) is 22.1 Å². The number of morpholine rings is 1. The molecule has 1 heterocycles. The average molecular weight is 453 g/mol. The van der Waals surface area contributed by atoms with Gasteiger partial charge in [-0.2, -0.15) is 0 Å². The third kappa shape index (κ3) is 7.36. The molecular formula is C15H22ClIN4O2. The Morgan fingerprint density at radius 1 is 1.30 bits per heavy atom. The summed E-state index contributed by atoms with van der Waals surface area (Å²) in [5, 5.41) is 3.46. The molecule has 6 nitrogen and oxygen atoms in total. The minimum Gasteiger partial charge on any atom is -0.378 e. The zero-order valence-corrected chi connectivity index (χ0v) is 15.9. The highest BCUT2D eigenvalue weighted by Gasteiger charge is 2.11. The minimum atomic E-state index is -0.0394. The smallest absolute Gasteiger partial charge is 0.224 e. The van der Waals surface area contributed by atoms with Crippen molar-refractivity contribution in [2.75, 3.05) is 38.2 Å². The molecular weight excluding hydrogens is 431 g/mol. The molecule has 2 rings (SSSR count). The number of aliphatic imine (C=N–C) groups is 1. The lowest BCUT2D eigenvalue weighted by atomic mass is 10.2. The van der Waals surface area contributed by atoms with Crippen molar-refractivity contribution >= 4 is 53.1 Å². The molecule has 1 amide bonds. The number of amides is 1. The maximum atomic E-state index is 11.8. The summed E-state index contributed by atoms with van der Waals surface area (Å²) in [5.74, 6) is 0.490. The second-order valence-corrected chi connectivity index (χ2v) is 5.43. The quantitative estimate of drug-likeness (QED) is 0.311. The molecule has 1 fully saturated rings. The van der Waals surface area contributed by atoms with E-state index < -0.39 is 0 Å². The van der Waals surface area contributed by atoms with E-state index in [1.807, 2.05) is 4.90 Å². The minimum absolute atomic E-state index is 0. The van der Waals surface area contributed by atoms with E-state index in [2.05, 4.69) is 10.3 Å². The van der Waals surface area contributed by atoms with Crippen LogP contribution in [-0.4, -0.2) is 49.6 Å². The standard InChI is InChI=1S/C15H21ClN4O2.HI/c16-12-3-5-13(6-4-12)19-14(21)2-1-7-18-15(17)20-8-10-22-11-9-20;/h3-6H,1-2,7-11H2,(H2,17,18)(H,19,21);1H. The molecule has 128 valence electrons. The molecule has 1 aromatic carbocycles. The molecule has 1 aliphatic heterocycles. The van der Waals surface area contributed by atoms with Gasteiger partial charge in [-0.1, -0.05) is 11.6 Å². The van der Waals surface area contributed by atoms with Crippen molar-refractivity contribution in [1.29, 1.82) is 0 Å². The Kier molecular flexibility index (Phi) is 9.27. The number of hydrogen-bond donors (Lipinski definition) is 2. The van der Waals surface area contributed by atoms with E-state index in [1.54, 1.807) is 24.3 Å². The van der Waals surface area contributed by atoms with Crippen LogP contribution < -0.4 is 11.1 Å². The number of ether oxygens (including phenoxy) is 1. The van der Waals surface area contributed by atoms with Crippen molar-refractivity contribution in [1.82, 2.24) is 4.90 Å². The second kappa shape index (κ2) is 10.7. The van der Waals surface area contributed by atoms with Gasteiger partial charge in [0.1, 0.15) is 0 Å². The van der Waals surface area contributed by atoms with Crippen molar-refractivity contribution in [2.24, 2.45) is 10.7 Å². The number of benzene rings is 1. The number of hydrogen-bond acceptors (Lipinski definition) is 3. The first-order valence-electron chi connectivity index (χ1n) is 7.33. The highest BCUT2D eigenvalue weighted by Crippen LogP contribution is 2.13. The fourth-order valence-corrected chi connectivity index (χ4v) is 2.21. The Morgan fingerprint density at radius 2 is 1.96 bits per heavy atom. The summed E-state index contributed by atoms with van der Waals surface area (Å²) < 4.78 is 5.26. The summed E-state index contributed by atoms with van der Waals surface area (Å²) in [6, 6.07) is 7.03. The molecule has 0 spiro atoms. The predicted octanol–water partition coefficient (Wildman–Crippen LogP) is 2.32. The molecule has 1 saturated heterocycles. The van der Waals surface area contributed by atoms with Crippen LogP contribution in [0, 0.1) is 0 Å². The zero-order valence-electron chi connectivity index (χ0n) is 12.8. The lowest BCUT2D eigenvalue weighted by Gasteiger charge is -2.27. The van der Waals surface area contributed by atoms with Crippen LogP contribution in [0.5, 0.6) is 0 Å². The van der Waals surface area contributed by atoms with Crippen LogP contribution in [0.1, 0.15) is 12.8 Å². The third-order valence-electron chi connectivity index (χ3n) is 3.30. The van der Waals surface area contributed by atoms with Crippen LogP contribution in [-0.2, 0) is 9.53 Å². The molecule has 0 aromatic heterocycles. The summed E-state index contributed by atoms with van der Waals surface area (Å²) in [4.78, 5) is 18.1. The van der Waals surface area contributed by atoms with Crippen LogP contribution in [0.4, 0.5) is 5.69 Å². The average Bonchev–Trinajstić information content (AvgIpc) is 2.54. The van der Waals surface area contributed by atoms with Crippen molar-refractivity contribution < 1.29 is 9.53 Å². The van der Waals surface area contributed by atoms with Crippen LogP contribution >= 0.6 is 35.6 Å². The SMILES string of the molecule is I.NC(=NCCCC(=O)Nc1ccc(Cl)cc1)N1CCOCC1. The van der Waals surface area contributed by atoms with Gasteiger partial charge in [-0.15, -0.1) is 24.0 Å². The molecule has 0 radical (unpaired) electrons. The summed E-state index contributed by atoms with van der Waals surface area (Å²) in [6.07, 6.45) is 1.06. The van der Waals surface area contributed by atoms with Gasteiger partial charge in [-0.05, 0) is 30.7 Å². The Balaban J connectivity index is 0.00000264. The fourth-order valence-electron chi connectivity index (χ4n) is 2.08. The molecule has 3 N–H and O–H groups in total. The van der Waals surface area contributed by atoms with Gasteiger partial charge < -0.3 is 20.7 Å². The number of carbonyl (C=O) groups is 1. The van der Waals surface area contributed by atoms with Crippen molar-refractivity contribution in [3.05, 3.63) is 29.3 Å². The van der Waals surface area contributed by atoms with E-state index in [0.29, 0.717) is 43.6 Å². The normalized spacial score (nSPS) is 15.0. The summed E-state index contributed by atoms with van der Waals surface area (Å²) in [7, 11) is 0. The third-order valence-corrected chi connectivity index (χ3v) is 3.55. The Morgan fingerprint density at radius 3 is 2.61 bits per heavy atom. The molecule has 23 heavy (non-hydrogen) atoms. The number of nitrogens with two attached hydrogens (primary N) is 1. The van der Waals surface area contributed by atoms with Crippen LogP contribution in [0.15, 0.2) is 29.3 Å². The summed E-state index contributed by atoms with van der Waals surface area (Å²) in [6.45, 7) is 3.44. The molecule has 8 heteroatoms. The molecule has 0 aliphatic carbocycles. The van der Waals surface area contributed by atoms with Crippen molar-refractivity contribution in [3.8, 4) is 0 Å². The van der Waals surface area contributed by atoms with Crippen molar-refractivity contribution in [2.45, 2.75) is 12.8 Å². The van der Waals surface area contributed by atoms with E-state index in [-0.39, 0.29) is 29.9 Å². The molecule has 0 bridgehead atoms. The topological polar surface area (TPSA) is 79.9 Å². The first-order valence-corrected chi connectivity index (χ1v) is 7.71. The number of anilines is 1. The number of rotatable bonds is 5. The zero-order chi connectivity index (χ0) is 15.8. The van der Waals surface area contributed by atoms with Gasteiger partial charge in [-0.3, -0.25) is 9.79 Å². The lowest BCUT2D eigenvalue weighted by Crippen LogP contribution is -2.44.